The van der Waals surface area contributed by atoms with Crippen LogP contribution >= 0.6 is 0 Å². The molecule has 1 atom stereocenters. The highest BCUT2D eigenvalue weighted by molar-refractivity contribution is 6.23. The second-order valence-corrected chi connectivity index (χ2v) is 7.97. The Balaban J connectivity index is 1.34. The Morgan fingerprint density at radius 2 is 1.45 bits per heavy atom. The van der Waals surface area contributed by atoms with Gasteiger partial charge in [-0.25, -0.2) is 4.79 Å². The molecule has 4 amide bonds. The summed E-state index contributed by atoms with van der Waals surface area (Å²) in [6.45, 7) is 2.87. The van der Waals surface area contributed by atoms with Crippen molar-refractivity contribution < 1.29 is 14.4 Å². The molecule has 2 aliphatic rings. The number of imide groups is 2. The molecular formula is C24H26N4O3. The largest absolute Gasteiger partial charge is 0.331 e. The van der Waals surface area contributed by atoms with Gasteiger partial charge in [-0.2, -0.15) is 0 Å². The van der Waals surface area contributed by atoms with Crippen LogP contribution in [0.25, 0.3) is 0 Å². The Labute approximate surface area is 181 Å². The molecule has 1 N–H and O–H groups in total. The lowest BCUT2D eigenvalue weighted by atomic mass is 10.0. The molecule has 1 unspecified atom stereocenters. The van der Waals surface area contributed by atoms with Gasteiger partial charge in [0.2, 0.25) is 11.8 Å². The molecule has 160 valence electrons. The lowest BCUT2D eigenvalue weighted by Crippen LogP contribution is -2.58. The average molecular weight is 418 g/mol. The van der Waals surface area contributed by atoms with Gasteiger partial charge in [0.05, 0.1) is 12.6 Å². The van der Waals surface area contributed by atoms with Crippen molar-refractivity contribution >= 4 is 24.1 Å². The molecule has 4 rings (SSSR count). The summed E-state index contributed by atoms with van der Waals surface area (Å²) < 4.78 is 0. The summed E-state index contributed by atoms with van der Waals surface area (Å²) in [4.78, 5) is 45.3. The van der Waals surface area contributed by atoms with Crippen LogP contribution in [0.2, 0.25) is 0 Å². The number of likely N-dealkylation sites (tertiary alicyclic amines) is 1. The number of piperidine rings is 1. The maximum absolute atomic E-state index is 12.8. The molecule has 0 aliphatic carbocycles. The zero-order valence-corrected chi connectivity index (χ0v) is 17.3. The summed E-state index contributed by atoms with van der Waals surface area (Å²) in [5, 5.41) is 2.28. The van der Waals surface area contributed by atoms with Gasteiger partial charge in [0.1, 0.15) is 0 Å². The zero-order valence-electron chi connectivity index (χ0n) is 17.3. The van der Waals surface area contributed by atoms with Gasteiger partial charge in [-0.3, -0.25) is 29.7 Å². The van der Waals surface area contributed by atoms with Gasteiger partial charge in [0.25, 0.3) is 0 Å². The Bertz CT molecular complexity index is 953. The lowest BCUT2D eigenvalue weighted by molar-refractivity contribution is -0.139. The van der Waals surface area contributed by atoms with E-state index in [0.717, 1.165) is 42.9 Å². The van der Waals surface area contributed by atoms with Crippen LogP contribution < -0.4 is 5.32 Å². The van der Waals surface area contributed by atoms with Crippen molar-refractivity contribution in [2.75, 3.05) is 13.1 Å². The molecule has 0 aromatic heterocycles. The van der Waals surface area contributed by atoms with E-state index in [2.05, 4.69) is 27.3 Å². The highest BCUT2D eigenvalue weighted by atomic mass is 16.2. The monoisotopic (exact) mass is 418 g/mol. The highest BCUT2D eigenvalue weighted by Gasteiger charge is 2.39. The molecule has 2 aromatic rings. The highest BCUT2D eigenvalue weighted by Crippen LogP contribution is 2.18. The molecule has 2 aromatic carbocycles. The van der Waals surface area contributed by atoms with Crippen LogP contribution in [0.3, 0.4) is 0 Å². The minimum atomic E-state index is -1.07. The van der Waals surface area contributed by atoms with Gasteiger partial charge < -0.3 is 0 Å². The standard InChI is InChI=1S/C24H26N4O3/c29-22-21(23(30)28(24(31)26-22)17-19-9-5-2-6-10-19)15-25-20-11-13-27(14-12-20)16-18-7-3-1-4-8-18/h1-10,15,20-21H,11-14,16-17H2,(H,26,29,31). The first-order chi connectivity index (χ1) is 15.1. The van der Waals surface area contributed by atoms with Crippen molar-refractivity contribution in [2.24, 2.45) is 10.9 Å². The third-order valence-corrected chi connectivity index (χ3v) is 5.73. The van der Waals surface area contributed by atoms with E-state index in [4.69, 9.17) is 0 Å². The van der Waals surface area contributed by atoms with Gasteiger partial charge in [0.15, 0.2) is 5.92 Å². The van der Waals surface area contributed by atoms with Crippen LogP contribution in [0.4, 0.5) is 4.79 Å². The van der Waals surface area contributed by atoms with E-state index in [9.17, 15) is 14.4 Å². The second-order valence-electron chi connectivity index (χ2n) is 7.97. The molecule has 0 saturated carbocycles. The number of nitrogens with zero attached hydrogens (tertiary/aromatic N) is 3. The SMILES string of the molecule is O=C1NC(=O)N(Cc2ccccc2)C(=O)C1C=NC1CCN(Cc2ccccc2)CC1. The number of aliphatic imine (C=N–C) groups is 1. The molecule has 2 aliphatic heterocycles. The van der Waals surface area contributed by atoms with Crippen LogP contribution in [-0.4, -0.2) is 53.0 Å². The molecule has 2 fully saturated rings. The Morgan fingerprint density at radius 1 is 0.871 bits per heavy atom. The normalized spacial score (nSPS) is 21.0. The number of hydrogen-bond acceptors (Lipinski definition) is 5. The van der Waals surface area contributed by atoms with E-state index in [1.807, 2.05) is 48.5 Å². The minimum Gasteiger partial charge on any atom is -0.299 e. The molecule has 31 heavy (non-hydrogen) atoms. The Morgan fingerprint density at radius 3 is 2.06 bits per heavy atom. The van der Waals surface area contributed by atoms with Crippen molar-refractivity contribution in [3.05, 3.63) is 71.8 Å². The molecule has 0 bridgehead atoms. The van der Waals surface area contributed by atoms with Gasteiger partial charge in [-0.1, -0.05) is 60.7 Å². The fraction of sp³-hybridized carbons (Fsp3) is 0.333. The van der Waals surface area contributed by atoms with Crippen LogP contribution in [0.1, 0.15) is 24.0 Å². The number of barbiturate groups is 1. The van der Waals surface area contributed by atoms with E-state index in [1.165, 1.54) is 11.8 Å². The van der Waals surface area contributed by atoms with Crippen LogP contribution in [0, 0.1) is 5.92 Å². The van der Waals surface area contributed by atoms with E-state index in [1.54, 1.807) is 0 Å². The minimum absolute atomic E-state index is 0.0767. The van der Waals surface area contributed by atoms with E-state index >= 15 is 0 Å². The number of urea groups is 1. The molecule has 7 heteroatoms. The van der Waals surface area contributed by atoms with E-state index < -0.39 is 23.8 Å². The maximum atomic E-state index is 12.8. The number of benzene rings is 2. The zero-order chi connectivity index (χ0) is 21.6. The van der Waals surface area contributed by atoms with Crippen molar-refractivity contribution in [3.63, 3.8) is 0 Å². The molecule has 7 nitrogen and oxygen atoms in total. The van der Waals surface area contributed by atoms with Crippen LogP contribution in [0.15, 0.2) is 65.7 Å². The van der Waals surface area contributed by atoms with Crippen LogP contribution in [0.5, 0.6) is 0 Å². The Kier molecular flexibility index (Phi) is 6.52. The van der Waals surface area contributed by atoms with Crippen molar-refractivity contribution in [1.29, 1.82) is 0 Å². The predicted molar refractivity (Wildman–Crippen MR) is 117 cm³/mol. The summed E-state index contributed by atoms with van der Waals surface area (Å²) in [5.41, 5.74) is 2.11. The molecule has 0 radical (unpaired) electrons. The number of hydrogen-bond donors (Lipinski definition) is 1. The number of carbonyl (C=O) groups excluding carboxylic acids is 3. The first-order valence-corrected chi connectivity index (χ1v) is 10.6. The average Bonchev–Trinajstić information content (AvgIpc) is 2.79. The van der Waals surface area contributed by atoms with Crippen molar-refractivity contribution in [2.45, 2.75) is 32.0 Å². The third kappa shape index (κ3) is 5.24. The summed E-state index contributed by atoms with van der Waals surface area (Å²) in [6, 6.07) is 19.0. The van der Waals surface area contributed by atoms with Gasteiger partial charge in [-0.15, -0.1) is 0 Å². The van der Waals surface area contributed by atoms with E-state index in [-0.39, 0.29) is 12.6 Å². The summed E-state index contributed by atoms with van der Waals surface area (Å²) >= 11 is 0. The first kappa shape index (κ1) is 20.9. The summed E-state index contributed by atoms with van der Waals surface area (Å²) in [6.07, 6.45) is 3.18. The van der Waals surface area contributed by atoms with Crippen LogP contribution in [-0.2, 0) is 22.7 Å². The summed E-state index contributed by atoms with van der Waals surface area (Å²) in [5.74, 6) is -2.20. The summed E-state index contributed by atoms with van der Waals surface area (Å²) in [7, 11) is 0. The van der Waals surface area contributed by atoms with Gasteiger partial charge >= 0.3 is 6.03 Å². The first-order valence-electron chi connectivity index (χ1n) is 10.6. The molecule has 2 saturated heterocycles. The van der Waals surface area contributed by atoms with Crippen molar-refractivity contribution in [1.82, 2.24) is 15.1 Å². The number of rotatable bonds is 6. The second kappa shape index (κ2) is 9.66. The molecule has 0 spiro atoms. The quantitative estimate of drug-likeness (QED) is 0.578. The van der Waals surface area contributed by atoms with Crippen molar-refractivity contribution in [3.8, 4) is 0 Å². The molecule has 2 heterocycles. The predicted octanol–water partition coefficient (Wildman–Crippen LogP) is 2.62. The molecular weight excluding hydrogens is 392 g/mol. The number of carbonyl (C=O) groups is 3. The number of amides is 4. The van der Waals surface area contributed by atoms with E-state index in [0.29, 0.717) is 0 Å². The van der Waals surface area contributed by atoms with Gasteiger partial charge in [0, 0.05) is 25.8 Å². The fourth-order valence-electron chi connectivity index (χ4n) is 3.95. The smallest absolute Gasteiger partial charge is 0.299 e. The van der Waals surface area contributed by atoms with Gasteiger partial charge in [-0.05, 0) is 24.0 Å². The maximum Gasteiger partial charge on any atom is 0.331 e. The third-order valence-electron chi connectivity index (χ3n) is 5.73. The number of nitrogens with one attached hydrogen (secondary N) is 1. The topological polar surface area (TPSA) is 82.1 Å². The Hall–Kier alpha value is -3.32. The lowest BCUT2D eigenvalue weighted by Gasteiger charge is -2.31. The fourth-order valence-corrected chi connectivity index (χ4v) is 3.95.